The van der Waals surface area contributed by atoms with Crippen LogP contribution in [-0.2, 0) is 20.7 Å². The van der Waals surface area contributed by atoms with Crippen LogP contribution in [0.15, 0.2) is 77.3 Å². The Bertz CT molecular complexity index is 1170. The number of hydrogen-bond donors (Lipinski definition) is 3. The normalized spacial score (nSPS) is 12.9. The van der Waals surface area contributed by atoms with Gasteiger partial charge in [0.1, 0.15) is 19.2 Å². The molecular weight excluding hydrogens is 500 g/mol. The molecule has 8 heteroatoms. The topological polar surface area (TPSA) is 105 Å². The Kier molecular flexibility index (Phi) is 7.27. The SMILES string of the molecule is O=C(O)CNC(=O)[C@@H](Cc1ccc(Br)cc1)NC(=O)OCC1c2ccccc2-c2ccccc21. The van der Waals surface area contributed by atoms with Gasteiger partial charge in [-0.2, -0.15) is 0 Å². The van der Waals surface area contributed by atoms with Gasteiger partial charge in [0.25, 0.3) is 0 Å². The molecule has 0 radical (unpaired) electrons. The van der Waals surface area contributed by atoms with Crippen molar-refractivity contribution in [2.75, 3.05) is 13.2 Å². The van der Waals surface area contributed by atoms with Crippen molar-refractivity contribution in [3.63, 3.8) is 0 Å². The minimum atomic E-state index is -1.17. The predicted molar refractivity (Wildman–Crippen MR) is 130 cm³/mol. The molecule has 34 heavy (non-hydrogen) atoms. The largest absolute Gasteiger partial charge is 0.480 e. The fourth-order valence-electron chi connectivity index (χ4n) is 4.13. The summed E-state index contributed by atoms with van der Waals surface area (Å²) in [4.78, 5) is 36.1. The summed E-state index contributed by atoms with van der Waals surface area (Å²) in [5, 5.41) is 13.8. The maximum atomic E-state index is 12.7. The smallest absolute Gasteiger partial charge is 0.407 e. The zero-order valence-corrected chi connectivity index (χ0v) is 19.7. The fourth-order valence-corrected chi connectivity index (χ4v) is 4.40. The lowest BCUT2D eigenvalue weighted by atomic mass is 9.98. The summed E-state index contributed by atoms with van der Waals surface area (Å²) in [7, 11) is 0. The van der Waals surface area contributed by atoms with Gasteiger partial charge in [-0.15, -0.1) is 0 Å². The van der Waals surface area contributed by atoms with Crippen LogP contribution in [0.25, 0.3) is 11.1 Å². The zero-order valence-electron chi connectivity index (χ0n) is 18.2. The molecular formula is C26H23BrN2O5. The molecule has 0 saturated heterocycles. The van der Waals surface area contributed by atoms with Gasteiger partial charge in [0.15, 0.2) is 0 Å². The summed E-state index contributed by atoms with van der Waals surface area (Å²) in [6.07, 6.45) is -0.558. The number of nitrogens with one attached hydrogen (secondary N) is 2. The molecule has 0 heterocycles. The lowest BCUT2D eigenvalue weighted by Crippen LogP contribution is -2.49. The molecule has 0 bridgehead atoms. The van der Waals surface area contributed by atoms with Gasteiger partial charge in [-0.25, -0.2) is 4.79 Å². The quantitative estimate of drug-likeness (QED) is 0.413. The molecule has 1 atom stereocenters. The molecule has 2 amide bonds. The van der Waals surface area contributed by atoms with E-state index < -0.39 is 30.6 Å². The lowest BCUT2D eigenvalue weighted by Gasteiger charge is -2.19. The Morgan fingerprint density at radius 3 is 2.09 bits per heavy atom. The summed E-state index contributed by atoms with van der Waals surface area (Å²) in [5.74, 6) is -1.88. The second-order valence-corrected chi connectivity index (χ2v) is 8.88. The average Bonchev–Trinajstić information content (AvgIpc) is 3.16. The van der Waals surface area contributed by atoms with Gasteiger partial charge < -0.3 is 20.5 Å². The number of halogens is 1. The number of amides is 2. The van der Waals surface area contributed by atoms with E-state index in [0.29, 0.717) is 0 Å². The third-order valence-corrected chi connectivity index (χ3v) is 6.25. The minimum Gasteiger partial charge on any atom is -0.480 e. The van der Waals surface area contributed by atoms with E-state index in [4.69, 9.17) is 9.84 Å². The first-order valence-corrected chi connectivity index (χ1v) is 11.6. The van der Waals surface area contributed by atoms with Crippen LogP contribution in [0.5, 0.6) is 0 Å². The molecule has 3 aromatic rings. The summed E-state index contributed by atoms with van der Waals surface area (Å²) < 4.78 is 6.43. The molecule has 0 fully saturated rings. The van der Waals surface area contributed by atoms with Crippen molar-refractivity contribution in [3.05, 3.63) is 94.0 Å². The second-order valence-electron chi connectivity index (χ2n) is 7.96. The first-order valence-electron chi connectivity index (χ1n) is 10.8. The van der Waals surface area contributed by atoms with Crippen molar-refractivity contribution < 1.29 is 24.2 Å². The Balaban J connectivity index is 1.44. The number of carboxylic acid groups (broad SMARTS) is 1. The average molecular weight is 523 g/mol. The monoisotopic (exact) mass is 522 g/mol. The van der Waals surface area contributed by atoms with Crippen molar-refractivity contribution >= 4 is 33.9 Å². The first-order chi connectivity index (χ1) is 16.4. The van der Waals surface area contributed by atoms with Crippen molar-refractivity contribution in [2.45, 2.75) is 18.4 Å². The summed E-state index contributed by atoms with van der Waals surface area (Å²) in [6, 6.07) is 22.3. The van der Waals surface area contributed by atoms with Gasteiger partial charge in [0, 0.05) is 16.8 Å². The van der Waals surface area contributed by atoms with E-state index in [1.54, 1.807) is 0 Å². The third kappa shape index (κ3) is 5.46. The molecule has 4 rings (SSSR count). The van der Waals surface area contributed by atoms with Gasteiger partial charge >= 0.3 is 12.1 Å². The number of carbonyl (C=O) groups excluding carboxylic acids is 2. The van der Waals surface area contributed by atoms with Crippen LogP contribution in [0, 0.1) is 0 Å². The van der Waals surface area contributed by atoms with Gasteiger partial charge in [-0.1, -0.05) is 76.6 Å². The number of aliphatic carboxylic acids is 1. The molecule has 1 aliphatic rings. The van der Waals surface area contributed by atoms with E-state index in [1.807, 2.05) is 60.7 Å². The molecule has 0 unspecified atom stereocenters. The number of alkyl carbamates (subject to hydrolysis) is 1. The third-order valence-electron chi connectivity index (χ3n) is 5.72. The van der Waals surface area contributed by atoms with Gasteiger partial charge in [0.05, 0.1) is 0 Å². The van der Waals surface area contributed by atoms with E-state index >= 15 is 0 Å². The van der Waals surface area contributed by atoms with Crippen molar-refractivity contribution in [1.82, 2.24) is 10.6 Å². The number of benzene rings is 3. The van der Waals surface area contributed by atoms with Crippen LogP contribution >= 0.6 is 15.9 Å². The fraction of sp³-hybridized carbons (Fsp3) is 0.192. The van der Waals surface area contributed by atoms with Gasteiger partial charge in [0.2, 0.25) is 5.91 Å². The predicted octanol–water partition coefficient (Wildman–Crippen LogP) is 4.10. The van der Waals surface area contributed by atoms with Crippen LogP contribution in [0.1, 0.15) is 22.6 Å². The molecule has 1 aliphatic carbocycles. The lowest BCUT2D eigenvalue weighted by molar-refractivity contribution is -0.138. The van der Waals surface area contributed by atoms with E-state index in [-0.39, 0.29) is 18.9 Å². The Morgan fingerprint density at radius 1 is 0.912 bits per heavy atom. The van der Waals surface area contributed by atoms with Crippen LogP contribution in [-0.4, -0.2) is 42.3 Å². The van der Waals surface area contributed by atoms with E-state index in [0.717, 1.165) is 32.3 Å². The molecule has 0 aromatic heterocycles. The minimum absolute atomic E-state index is 0.107. The van der Waals surface area contributed by atoms with Crippen molar-refractivity contribution in [1.29, 1.82) is 0 Å². The van der Waals surface area contributed by atoms with E-state index in [2.05, 4.69) is 38.7 Å². The number of hydrogen-bond acceptors (Lipinski definition) is 4. The maximum absolute atomic E-state index is 12.7. The number of rotatable bonds is 8. The molecule has 3 aromatic carbocycles. The highest BCUT2D eigenvalue weighted by Gasteiger charge is 2.30. The molecule has 7 nitrogen and oxygen atoms in total. The summed E-state index contributed by atoms with van der Waals surface area (Å²) in [6.45, 7) is -0.427. The van der Waals surface area contributed by atoms with Crippen LogP contribution < -0.4 is 10.6 Å². The van der Waals surface area contributed by atoms with Crippen LogP contribution in [0.3, 0.4) is 0 Å². The second kappa shape index (κ2) is 10.5. The maximum Gasteiger partial charge on any atom is 0.407 e. The van der Waals surface area contributed by atoms with Crippen LogP contribution in [0.4, 0.5) is 4.79 Å². The number of ether oxygens (including phenoxy) is 1. The van der Waals surface area contributed by atoms with Crippen molar-refractivity contribution in [3.8, 4) is 11.1 Å². The number of carboxylic acids is 1. The van der Waals surface area contributed by atoms with Gasteiger partial charge in [-0.3, -0.25) is 9.59 Å². The Labute approximate surface area is 205 Å². The molecule has 174 valence electrons. The first kappa shape index (κ1) is 23.5. The molecule has 3 N–H and O–H groups in total. The molecule has 0 aliphatic heterocycles. The highest BCUT2D eigenvalue weighted by atomic mass is 79.9. The standard InChI is InChI=1S/C26H23BrN2O5/c27-17-11-9-16(10-12-17)13-23(25(32)28-14-24(30)31)29-26(33)34-15-22-20-7-3-1-5-18(20)19-6-2-4-8-21(19)22/h1-12,22-23H,13-15H2,(H,28,32)(H,29,33)(H,30,31)/t23-/m1/s1. The van der Waals surface area contributed by atoms with Crippen LogP contribution in [0.2, 0.25) is 0 Å². The van der Waals surface area contributed by atoms with Crippen molar-refractivity contribution in [2.24, 2.45) is 0 Å². The Hall–Kier alpha value is -3.65. The summed E-state index contributed by atoms with van der Waals surface area (Å²) in [5.41, 5.74) is 5.21. The van der Waals surface area contributed by atoms with Gasteiger partial charge in [-0.05, 0) is 39.9 Å². The molecule has 0 spiro atoms. The summed E-state index contributed by atoms with van der Waals surface area (Å²) >= 11 is 3.36. The zero-order chi connectivity index (χ0) is 24.1. The Morgan fingerprint density at radius 2 is 1.50 bits per heavy atom. The highest BCUT2D eigenvalue weighted by molar-refractivity contribution is 9.10. The van der Waals surface area contributed by atoms with E-state index in [9.17, 15) is 14.4 Å². The highest BCUT2D eigenvalue weighted by Crippen LogP contribution is 2.44. The number of fused-ring (bicyclic) bond motifs is 3. The van der Waals surface area contributed by atoms with E-state index in [1.165, 1.54) is 0 Å². The molecule has 0 saturated carbocycles. The number of carbonyl (C=O) groups is 3.